The van der Waals surface area contributed by atoms with Crippen LogP contribution in [0.2, 0.25) is 0 Å². The van der Waals surface area contributed by atoms with Crippen LogP contribution in [0, 0.1) is 0 Å². The average molecular weight is 255 g/mol. The summed E-state index contributed by atoms with van der Waals surface area (Å²) in [6, 6.07) is 0. The summed E-state index contributed by atoms with van der Waals surface area (Å²) in [6.07, 6.45) is -3.91. The molecule has 0 radical (unpaired) electrons. The molecule has 0 unspecified atom stereocenters. The molecule has 0 aliphatic carbocycles. The van der Waals surface area contributed by atoms with Crippen LogP contribution >= 0.6 is 0 Å². The van der Waals surface area contributed by atoms with Gasteiger partial charge in [0, 0.05) is 13.1 Å². The number of carbonyl (C=O) groups is 1. The molecular weight excluding hydrogens is 235 g/mol. The van der Waals surface area contributed by atoms with Gasteiger partial charge in [0.25, 0.3) is 0 Å². The van der Waals surface area contributed by atoms with Crippen molar-refractivity contribution in [2.75, 3.05) is 40.3 Å². The predicted molar refractivity (Wildman–Crippen MR) is 59.5 cm³/mol. The van der Waals surface area contributed by atoms with Gasteiger partial charge in [0.2, 0.25) is 0 Å². The van der Waals surface area contributed by atoms with Crippen LogP contribution in [0.5, 0.6) is 0 Å². The molecule has 0 aromatic rings. The van der Waals surface area contributed by atoms with Crippen molar-refractivity contribution in [1.29, 1.82) is 0 Å². The Balaban J connectivity index is 4.28. The van der Waals surface area contributed by atoms with Crippen LogP contribution in [-0.2, 0) is 4.79 Å². The zero-order valence-electron chi connectivity index (χ0n) is 10.3. The normalized spacial score (nSPS) is 11.9. The fourth-order valence-corrected chi connectivity index (χ4v) is 1.35. The molecular formula is C10H20F3N3O. The van der Waals surface area contributed by atoms with Gasteiger partial charge in [-0.15, -0.1) is 0 Å². The van der Waals surface area contributed by atoms with Crippen molar-refractivity contribution in [2.45, 2.75) is 19.0 Å². The summed E-state index contributed by atoms with van der Waals surface area (Å²) in [6.45, 7) is 1.08. The van der Waals surface area contributed by atoms with Gasteiger partial charge in [-0.25, -0.2) is 0 Å². The highest BCUT2D eigenvalue weighted by molar-refractivity contribution is 5.81. The molecule has 0 aliphatic rings. The SMILES string of the molecule is CN(C)CCCN(CCCN)C(=O)C(F)(F)F. The van der Waals surface area contributed by atoms with E-state index in [0.717, 1.165) is 4.90 Å². The highest BCUT2D eigenvalue weighted by Crippen LogP contribution is 2.18. The number of amides is 1. The molecule has 0 fully saturated rings. The Morgan fingerprint density at radius 2 is 1.65 bits per heavy atom. The van der Waals surface area contributed by atoms with Crippen LogP contribution in [0.4, 0.5) is 13.2 Å². The highest BCUT2D eigenvalue weighted by Gasteiger charge is 2.41. The summed E-state index contributed by atoms with van der Waals surface area (Å²) in [5.41, 5.74) is 5.24. The van der Waals surface area contributed by atoms with Gasteiger partial charge >= 0.3 is 12.1 Å². The second-order valence-corrected chi connectivity index (χ2v) is 4.09. The number of nitrogens with two attached hydrogens (primary N) is 1. The molecule has 1 amide bonds. The molecule has 0 atom stereocenters. The third kappa shape index (κ3) is 7.17. The maximum Gasteiger partial charge on any atom is 0.471 e. The molecule has 4 nitrogen and oxygen atoms in total. The Bertz CT molecular complexity index is 231. The summed E-state index contributed by atoms with van der Waals surface area (Å²) in [4.78, 5) is 13.8. The zero-order valence-corrected chi connectivity index (χ0v) is 10.3. The minimum absolute atomic E-state index is 0.0578. The topological polar surface area (TPSA) is 49.6 Å². The number of carbonyl (C=O) groups excluding carboxylic acids is 1. The molecule has 0 aliphatic heterocycles. The maximum absolute atomic E-state index is 12.3. The first-order valence-corrected chi connectivity index (χ1v) is 5.50. The van der Waals surface area contributed by atoms with E-state index >= 15 is 0 Å². The lowest BCUT2D eigenvalue weighted by Crippen LogP contribution is -2.43. The molecule has 7 heteroatoms. The van der Waals surface area contributed by atoms with Gasteiger partial charge in [0.1, 0.15) is 0 Å². The first kappa shape index (κ1) is 16.2. The standard InChI is InChI=1S/C10H20F3N3O/c1-15(2)6-4-8-16(7-3-5-14)9(17)10(11,12)13/h3-8,14H2,1-2H3. The van der Waals surface area contributed by atoms with E-state index in [4.69, 9.17) is 5.73 Å². The third-order valence-corrected chi connectivity index (χ3v) is 2.20. The lowest BCUT2D eigenvalue weighted by molar-refractivity contribution is -0.185. The summed E-state index contributed by atoms with van der Waals surface area (Å²) in [5.74, 6) is -1.77. The van der Waals surface area contributed by atoms with Crippen LogP contribution in [0.15, 0.2) is 0 Å². The Morgan fingerprint density at radius 3 is 2.06 bits per heavy atom. The first-order valence-electron chi connectivity index (χ1n) is 5.50. The second-order valence-electron chi connectivity index (χ2n) is 4.09. The van der Waals surface area contributed by atoms with Crippen molar-refractivity contribution in [3.8, 4) is 0 Å². The van der Waals surface area contributed by atoms with E-state index in [9.17, 15) is 18.0 Å². The Hall–Kier alpha value is -0.820. The van der Waals surface area contributed by atoms with Crippen LogP contribution < -0.4 is 5.73 Å². The molecule has 0 spiro atoms. The fraction of sp³-hybridized carbons (Fsp3) is 0.900. The van der Waals surface area contributed by atoms with Gasteiger partial charge in [-0.1, -0.05) is 0 Å². The van der Waals surface area contributed by atoms with Gasteiger partial charge in [-0.3, -0.25) is 4.79 Å². The number of halogens is 3. The van der Waals surface area contributed by atoms with Gasteiger partial charge in [-0.2, -0.15) is 13.2 Å². The van der Waals surface area contributed by atoms with Crippen molar-refractivity contribution >= 4 is 5.91 Å². The lowest BCUT2D eigenvalue weighted by Gasteiger charge is -2.24. The average Bonchev–Trinajstić information content (AvgIpc) is 2.20. The minimum atomic E-state index is -4.80. The molecule has 0 rings (SSSR count). The molecule has 0 aromatic carbocycles. The number of alkyl halides is 3. The van der Waals surface area contributed by atoms with Crippen LogP contribution in [0.3, 0.4) is 0 Å². The highest BCUT2D eigenvalue weighted by atomic mass is 19.4. The van der Waals surface area contributed by atoms with Gasteiger partial charge in [0.05, 0.1) is 0 Å². The molecule has 2 N–H and O–H groups in total. The molecule has 0 heterocycles. The fourth-order valence-electron chi connectivity index (χ4n) is 1.35. The largest absolute Gasteiger partial charge is 0.471 e. The Morgan fingerprint density at radius 1 is 1.12 bits per heavy atom. The van der Waals surface area contributed by atoms with E-state index < -0.39 is 12.1 Å². The van der Waals surface area contributed by atoms with Gasteiger partial charge in [0.15, 0.2) is 0 Å². The van der Waals surface area contributed by atoms with E-state index in [1.807, 2.05) is 19.0 Å². The van der Waals surface area contributed by atoms with Crippen LogP contribution in [0.25, 0.3) is 0 Å². The van der Waals surface area contributed by atoms with Crippen molar-refractivity contribution in [1.82, 2.24) is 9.80 Å². The Labute approximate surface area is 99.5 Å². The van der Waals surface area contributed by atoms with E-state index in [1.54, 1.807) is 0 Å². The van der Waals surface area contributed by atoms with Gasteiger partial charge < -0.3 is 15.5 Å². The van der Waals surface area contributed by atoms with Crippen molar-refractivity contribution in [2.24, 2.45) is 5.73 Å². The lowest BCUT2D eigenvalue weighted by atomic mass is 10.3. The van der Waals surface area contributed by atoms with Gasteiger partial charge in [-0.05, 0) is 40.0 Å². The number of hydrogen-bond donors (Lipinski definition) is 1. The smallest absolute Gasteiger partial charge is 0.335 e. The number of nitrogens with zero attached hydrogens (tertiary/aromatic N) is 2. The predicted octanol–water partition coefficient (Wildman–Crippen LogP) is 0.678. The summed E-state index contributed by atoms with van der Waals surface area (Å²) in [7, 11) is 3.66. The number of hydrogen-bond acceptors (Lipinski definition) is 3. The van der Waals surface area contributed by atoms with E-state index in [2.05, 4.69) is 0 Å². The Kier molecular flexibility index (Phi) is 7.13. The zero-order chi connectivity index (χ0) is 13.5. The van der Waals surface area contributed by atoms with E-state index in [-0.39, 0.29) is 19.6 Å². The molecule has 0 bridgehead atoms. The summed E-state index contributed by atoms with van der Waals surface area (Å²) in [5, 5.41) is 0. The van der Waals surface area contributed by atoms with Crippen molar-refractivity contribution in [3.05, 3.63) is 0 Å². The molecule has 0 saturated heterocycles. The van der Waals surface area contributed by atoms with Crippen molar-refractivity contribution < 1.29 is 18.0 Å². The molecule has 0 aromatic heterocycles. The monoisotopic (exact) mass is 255 g/mol. The minimum Gasteiger partial charge on any atom is -0.335 e. The molecule has 17 heavy (non-hydrogen) atoms. The second kappa shape index (κ2) is 7.50. The summed E-state index contributed by atoms with van der Waals surface area (Å²) < 4.78 is 36.8. The first-order chi connectivity index (χ1) is 7.79. The van der Waals surface area contributed by atoms with E-state index in [0.29, 0.717) is 19.4 Å². The van der Waals surface area contributed by atoms with Crippen LogP contribution in [0.1, 0.15) is 12.8 Å². The van der Waals surface area contributed by atoms with Crippen LogP contribution in [-0.4, -0.2) is 62.2 Å². The summed E-state index contributed by atoms with van der Waals surface area (Å²) >= 11 is 0. The maximum atomic E-state index is 12.3. The van der Waals surface area contributed by atoms with E-state index in [1.165, 1.54) is 0 Å². The molecule has 102 valence electrons. The van der Waals surface area contributed by atoms with Crippen molar-refractivity contribution in [3.63, 3.8) is 0 Å². The third-order valence-electron chi connectivity index (χ3n) is 2.20. The number of rotatable bonds is 7. The quantitative estimate of drug-likeness (QED) is 0.727. The molecule has 0 saturated carbocycles.